The van der Waals surface area contributed by atoms with E-state index in [0.29, 0.717) is 11.3 Å². The van der Waals surface area contributed by atoms with Gasteiger partial charge in [0.05, 0.1) is 23.1 Å². The molecule has 1 atom stereocenters. The Morgan fingerprint density at radius 2 is 1.43 bits per heavy atom. The molecule has 3 aromatic carbocycles. The van der Waals surface area contributed by atoms with Gasteiger partial charge in [0.25, 0.3) is 5.91 Å². The minimum absolute atomic E-state index is 0.00824. The van der Waals surface area contributed by atoms with Gasteiger partial charge in [0, 0.05) is 19.6 Å². The summed E-state index contributed by atoms with van der Waals surface area (Å²) in [6.07, 6.45) is 1.40. The average molecular weight is 543 g/mol. The van der Waals surface area contributed by atoms with Crippen molar-refractivity contribution >= 4 is 32.2 Å². The molecule has 12 heteroatoms. The number of hydrazone groups is 1. The molecule has 0 saturated carbocycles. The number of amides is 1. The van der Waals surface area contributed by atoms with Crippen molar-refractivity contribution < 1.29 is 26.4 Å². The van der Waals surface area contributed by atoms with E-state index in [1.165, 1.54) is 30.5 Å². The fourth-order valence-corrected chi connectivity index (χ4v) is 6.92. The van der Waals surface area contributed by atoms with E-state index in [2.05, 4.69) is 10.5 Å². The Balaban J connectivity index is 1.60. The number of benzene rings is 3. The number of sulfonamides is 2. The smallest absolute Gasteiger partial charge is 0.259 e. The number of methoxy groups -OCH3 is 1. The minimum atomic E-state index is -4.09. The van der Waals surface area contributed by atoms with E-state index in [9.17, 15) is 21.6 Å². The molecule has 0 spiro atoms. The van der Waals surface area contributed by atoms with Gasteiger partial charge in [-0.2, -0.15) is 13.7 Å². The Labute approximate surface area is 216 Å². The summed E-state index contributed by atoms with van der Waals surface area (Å²) < 4.78 is 60.5. The van der Waals surface area contributed by atoms with Gasteiger partial charge in [-0.25, -0.2) is 22.3 Å². The molecule has 194 valence electrons. The zero-order chi connectivity index (χ0) is 26.5. The minimum Gasteiger partial charge on any atom is -0.497 e. The molecule has 0 radical (unpaired) electrons. The maximum absolute atomic E-state index is 13.4. The molecule has 0 aromatic heterocycles. The Bertz CT molecular complexity index is 1460. The van der Waals surface area contributed by atoms with Crippen LogP contribution in [0.1, 0.15) is 5.56 Å². The van der Waals surface area contributed by atoms with Gasteiger partial charge in [0.15, 0.2) is 0 Å². The summed E-state index contributed by atoms with van der Waals surface area (Å²) in [6.45, 7) is -0.682. The predicted molar refractivity (Wildman–Crippen MR) is 138 cm³/mol. The van der Waals surface area contributed by atoms with Gasteiger partial charge >= 0.3 is 0 Å². The standard InChI is InChI=1S/C25H26N4O6S2/c1-35-21-14-12-20(13-15-21)18-26-27-25(30)24-19-28(36(31,32)22-8-4-2-5-9-22)16-17-29(24)37(33,34)23-10-6-3-7-11-23/h2-15,18,24H,16-17,19H2,1H3,(H,27,30)/b26-18-/t24-/m1/s1. The van der Waals surface area contributed by atoms with E-state index in [1.807, 2.05) is 0 Å². The molecule has 1 N–H and O–H groups in total. The van der Waals surface area contributed by atoms with Crippen molar-refractivity contribution in [2.45, 2.75) is 15.8 Å². The average Bonchev–Trinajstić information content (AvgIpc) is 2.94. The van der Waals surface area contributed by atoms with Crippen molar-refractivity contribution in [3.63, 3.8) is 0 Å². The van der Waals surface area contributed by atoms with Crippen LogP contribution in [0.15, 0.2) is 99.8 Å². The first-order valence-corrected chi connectivity index (χ1v) is 14.2. The summed E-state index contributed by atoms with van der Waals surface area (Å²) in [6, 6.07) is 21.1. The fourth-order valence-electron chi connectivity index (χ4n) is 3.87. The summed E-state index contributed by atoms with van der Waals surface area (Å²) >= 11 is 0. The largest absolute Gasteiger partial charge is 0.497 e. The van der Waals surface area contributed by atoms with Gasteiger partial charge in [0.2, 0.25) is 20.0 Å². The summed E-state index contributed by atoms with van der Waals surface area (Å²) in [7, 11) is -6.49. The zero-order valence-electron chi connectivity index (χ0n) is 20.0. The van der Waals surface area contributed by atoms with Crippen molar-refractivity contribution in [2.75, 3.05) is 26.7 Å². The van der Waals surface area contributed by atoms with Crippen LogP contribution < -0.4 is 10.2 Å². The molecule has 1 heterocycles. The maximum Gasteiger partial charge on any atom is 0.259 e. The summed E-state index contributed by atoms with van der Waals surface area (Å²) in [5.74, 6) is -0.0953. The molecule has 0 aliphatic carbocycles. The molecule has 1 fully saturated rings. The lowest BCUT2D eigenvalue weighted by Crippen LogP contribution is -2.60. The molecule has 3 aromatic rings. The second-order valence-electron chi connectivity index (χ2n) is 8.13. The van der Waals surface area contributed by atoms with Gasteiger partial charge < -0.3 is 4.74 Å². The number of hydrogen-bond acceptors (Lipinski definition) is 7. The van der Waals surface area contributed by atoms with Gasteiger partial charge in [-0.15, -0.1) is 0 Å². The monoisotopic (exact) mass is 542 g/mol. The molecule has 37 heavy (non-hydrogen) atoms. The number of ether oxygens (including phenoxy) is 1. The van der Waals surface area contributed by atoms with Crippen LogP contribution in [-0.4, -0.2) is 70.4 Å². The number of carbonyl (C=O) groups excluding carboxylic acids is 1. The topological polar surface area (TPSA) is 125 Å². The first kappa shape index (κ1) is 26.5. The number of piperazine rings is 1. The number of nitrogens with zero attached hydrogens (tertiary/aromatic N) is 3. The molecule has 10 nitrogen and oxygen atoms in total. The van der Waals surface area contributed by atoms with Crippen molar-refractivity contribution in [3.05, 3.63) is 90.5 Å². The van der Waals surface area contributed by atoms with Crippen molar-refractivity contribution in [1.82, 2.24) is 14.0 Å². The maximum atomic E-state index is 13.4. The second kappa shape index (κ2) is 11.2. The summed E-state index contributed by atoms with van der Waals surface area (Å²) in [5.41, 5.74) is 3.04. The van der Waals surface area contributed by atoms with Crippen LogP contribution in [0.4, 0.5) is 0 Å². The normalized spacial score (nSPS) is 17.5. The molecule has 0 unspecified atom stereocenters. The molecular formula is C25H26N4O6S2. The van der Waals surface area contributed by atoms with Crippen LogP contribution in [0, 0.1) is 0 Å². The van der Waals surface area contributed by atoms with Crippen molar-refractivity contribution in [3.8, 4) is 5.75 Å². The van der Waals surface area contributed by atoms with Crippen LogP contribution in [0.25, 0.3) is 0 Å². The third-order valence-electron chi connectivity index (χ3n) is 5.83. The quantitative estimate of drug-likeness (QED) is 0.342. The number of carbonyl (C=O) groups is 1. The lowest BCUT2D eigenvalue weighted by atomic mass is 10.2. The molecule has 4 rings (SSSR count). The first-order chi connectivity index (χ1) is 17.7. The Hall–Kier alpha value is -3.58. The lowest BCUT2D eigenvalue weighted by Gasteiger charge is -2.38. The zero-order valence-corrected chi connectivity index (χ0v) is 21.6. The molecular weight excluding hydrogens is 516 g/mol. The highest BCUT2D eigenvalue weighted by atomic mass is 32.2. The number of hydrogen-bond donors (Lipinski definition) is 1. The highest BCUT2D eigenvalue weighted by molar-refractivity contribution is 7.89. The van der Waals surface area contributed by atoms with E-state index in [0.717, 1.165) is 8.61 Å². The van der Waals surface area contributed by atoms with E-state index < -0.39 is 32.0 Å². The Morgan fingerprint density at radius 3 is 2.00 bits per heavy atom. The summed E-state index contributed by atoms with van der Waals surface area (Å²) in [4.78, 5) is 13.3. The molecule has 1 aliphatic rings. The Morgan fingerprint density at radius 1 is 0.865 bits per heavy atom. The lowest BCUT2D eigenvalue weighted by molar-refractivity contribution is -0.125. The SMILES string of the molecule is COc1ccc(/C=N\NC(=O)[C@H]2CN(S(=O)(=O)c3ccccc3)CCN2S(=O)(=O)c2ccccc2)cc1. The van der Waals surface area contributed by atoms with Crippen LogP contribution in [0.3, 0.4) is 0 Å². The predicted octanol–water partition coefficient (Wildman–Crippen LogP) is 1.91. The van der Waals surface area contributed by atoms with E-state index >= 15 is 0 Å². The van der Waals surface area contributed by atoms with Crippen LogP contribution in [0.5, 0.6) is 5.75 Å². The third-order valence-corrected chi connectivity index (χ3v) is 9.63. The van der Waals surface area contributed by atoms with Crippen LogP contribution in [0.2, 0.25) is 0 Å². The molecule has 1 saturated heterocycles. The molecule has 1 aliphatic heterocycles. The van der Waals surface area contributed by atoms with E-state index in [1.54, 1.807) is 67.8 Å². The second-order valence-corrected chi connectivity index (χ2v) is 12.0. The Kier molecular flexibility index (Phi) is 8.03. The highest BCUT2D eigenvalue weighted by Gasteiger charge is 2.43. The van der Waals surface area contributed by atoms with Gasteiger partial charge in [0.1, 0.15) is 11.8 Å². The summed E-state index contributed by atoms with van der Waals surface area (Å²) in [5, 5.41) is 3.95. The van der Waals surface area contributed by atoms with Crippen LogP contribution in [-0.2, 0) is 24.8 Å². The number of nitrogens with one attached hydrogen (secondary N) is 1. The van der Waals surface area contributed by atoms with Gasteiger partial charge in [-0.1, -0.05) is 36.4 Å². The van der Waals surface area contributed by atoms with Crippen LogP contribution >= 0.6 is 0 Å². The van der Waals surface area contributed by atoms with Gasteiger partial charge in [-0.05, 0) is 54.1 Å². The van der Waals surface area contributed by atoms with E-state index in [-0.39, 0.29) is 29.4 Å². The van der Waals surface area contributed by atoms with Crippen molar-refractivity contribution in [1.29, 1.82) is 0 Å². The molecule has 0 bridgehead atoms. The number of rotatable bonds is 8. The third kappa shape index (κ3) is 5.88. The van der Waals surface area contributed by atoms with Crippen molar-refractivity contribution in [2.24, 2.45) is 5.10 Å². The highest BCUT2D eigenvalue weighted by Crippen LogP contribution is 2.25. The fraction of sp³-hybridized carbons (Fsp3) is 0.200. The molecule has 1 amide bonds. The first-order valence-electron chi connectivity index (χ1n) is 11.3. The van der Waals surface area contributed by atoms with Gasteiger partial charge in [-0.3, -0.25) is 4.79 Å². The van der Waals surface area contributed by atoms with E-state index in [4.69, 9.17) is 4.74 Å².